The van der Waals surface area contributed by atoms with Crippen molar-refractivity contribution < 1.29 is 9.59 Å². The largest absolute Gasteiger partial charge is 0.361 e. The summed E-state index contributed by atoms with van der Waals surface area (Å²) in [7, 11) is 0. The molecule has 0 bridgehead atoms. The summed E-state index contributed by atoms with van der Waals surface area (Å²) in [6.45, 7) is 5.93. The average molecular weight is 412 g/mol. The van der Waals surface area contributed by atoms with Gasteiger partial charge in [-0.15, -0.1) is 11.3 Å². The van der Waals surface area contributed by atoms with Crippen molar-refractivity contribution in [3.8, 4) is 0 Å². The lowest BCUT2D eigenvalue weighted by Gasteiger charge is -2.18. The number of hydrogen-bond donors (Lipinski definition) is 2. The third-order valence-corrected chi connectivity index (χ3v) is 6.28. The lowest BCUT2D eigenvalue weighted by Crippen LogP contribution is -2.31. The highest BCUT2D eigenvalue weighted by molar-refractivity contribution is 7.10. The number of carbonyl (C=O) groups excluding carboxylic acids is 2. The Balaban J connectivity index is 1.60. The van der Waals surface area contributed by atoms with E-state index >= 15 is 0 Å². The second-order valence-electron chi connectivity index (χ2n) is 7.08. The SMILES string of the molecule is CCN(CC)C(=O)CCCC(=O)NCC(c1cccs1)c1c[nH]c2ccccc12. The predicted molar refractivity (Wildman–Crippen MR) is 119 cm³/mol. The molecule has 1 unspecified atom stereocenters. The maximum Gasteiger partial charge on any atom is 0.222 e. The number of H-pyrrole nitrogens is 1. The summed E-state index contributed by atoms with van der Waals surface area (Å²) in [5, 5.41) is 6.34. The molecule has 0 radical (unpaired) electrons. The number of aromatic amines is 1. The lowest BCUT2D eigenvalue weighted by atomic mass is 9.96. The zero-order valence-corrected chi connectivity index (χ0v) is 17.9. The number of rotatable bonds is 10. The highest BCUT2D eigenvalue weighted by Crippen LogP contribution is 2.32. The van der Waals surface area contributed by atoms with Crippen LogP contribution in [0.5, 0.6) is 0 Å². The van der Waals surface area contributed by atoms with Crippen LogP contribution in [0.2, 0.25) is 0 Å². The number of thiophene rings is 1. The number of fused-ring (bicyclic) bond motifs is 1. The summed E-state index contributed by atoms with van der Waals surface area (Å²) in [5.74, 6) is 0.226. The van der Waals surface area contributed by atoms with Crippen LogP contribution in [0.3, 0.4) is 0 Å². The zero-order chi connectivity index (χ0) is 20.6. The molecule has 0 aliphatic rings. The van der Waals surface area contributed by atoms with Crippen LogP contribution in [-0.4, -0.2) is 41.3 Å². The minimum Gasteiger partial charge on any atom is -0.361 e. The monoisotopic (exact) mass is 411 g/mol. The predicted octanol–water partition coefficient (Wildman–Crippen LogP) is 4.52. The van der Waals surface area contributed by atoms with E-state index in [1.165, 1.54) is 15.8 Å². The number of hydrogen-bond acceptors (Lipinski definition) is 3. The van der Waals surface area contributed by atoms with Crippen molar-refractivity contribution in [2.75, 3.05) is 19.6 Å². The normalized spacial score (nSPS) is 12.1. The number of carbonyl (C=O) groups is 2. The van der Waals surface area contributed by atoms with Crippen molar-refractivity contribution in [1.82, 2.24) is 15.2 Å². The molecule has 0 spiro atoms. The summed E-state index contributed by atoms with van der Waals surface area (Å²) < 4.78 is 0. The van der Waals surface area contributed by atoms with E-state index in [4.69, 9.17) is 0 Å². The first-order chi connectivity index (χ1) is 14.1. The maximum atomic E-state index is 12.4. The molecule has 5 nitrogen and oxygen atoms in total. The van der Waals surface area contributed by atoms with Crippen LogP contribution in [0.15, 0.2) is 48.0 Å². The molecule has 3 aromatic rings. The van der Waals surface area contributed by atoms with Crippen molar-refractivity contribution in [1.29, 1.82) is 0 Å². The molecule has 29 heavy (non-hydrogen) atoms. The van der Waals surface area contributed by atoms with Gasteiger partial charge in [-0.05, 0) is 43.3 Å². The molecule has 2 N–H and O–H groups in total. The summed E-state index contributed by atoms with van der Waals surface area (Å²) in [4.78, 5) is 30.9. The molecule has 1 aromatic carbocycles. The molecule has 2 heterocycles. The molecular formula is C23H29N3O2S. The van der Waals surface area contributed by atoms with Crippen molar-refractivity contribution in [2.45, 2.75) is 39.0 Å². The van der Waals surface area contributed by atoms with E-state index in [9.17, 15) is 9.59 Å². The first-order valence-electron chi connectivity index (χ1n) is 10.3. The van der Waals surface area contributed by atoms with Crippen LogP contribution < -0.4 is 5.32 Å². The summed E-state index contributed by atoms with van der Waals surface area (Å²) in [6.07, 6.45) is 3.42. The van der Waals surface area contributed by atoms with Crippen molar-refractivity contribution in [3.05, 3.63) is 58.4 Å². The third kappa shape index (κ3) is 5.26. The Bertz CT molecular complexity index is 929. The molecule has 0 saturated heterocycles. The van der Waals surface area contributed by atoms with E-state index in [1.807, 2.05) is 43.1 Å². The molecule has 1 atom stereocenters. The summed E-state index contributed by atoms with van der Waals surface area (Å²) in [5.41, 5.74) is 2.30. The molecule has 0 fully saturated rings. The zero-order valence-electron chi connectivity index (χ0n) is 17.1. The third-order valence-electron chi connectivity index (χ3n) is 5.30. The minimum absolute atomic E-state index is 0.00116. The number of amides is 2. The first kappa shape index (κ1) is 21.1. The fourth-order valence-electron chi connectivity index (χ4n) is 3.67. The highest BCUT2D eigenvalue weighted by atomic mass is 32.1. The smallest absolute Gasteiger partial charge is 0.222 e. The fourth-order valence-corrected chi connectivity index (χ4v) is 4.52. The van der Waals surface area contributed by atoms with Crippen molar-refractivity contribution in [2.24, 2.45) is 0 Å². The van der Waals surface area contributed by atoms with Gasteiger partial charge in [0.15, 0.2) is 0 Å². The molecule has 2 aromatic heterocycles. The first-order valence-corrected chi connectivity index (χ1v) is 11.2. The Hall–Kier alpha value is -2.60. The van der Waals surface area contributed by atoms with E-state index in [1.54, 1.807) is 11.3 Å². The van der Waals surface area contributed by atoms with Crippen LogP contribution in [-0.2, 0) is 9.59 Å². The number of para-hydroxylation sites is 1. The van der Waals surface area contributed by atoms with Gasteiger partial charge in [-0.25, -0.2) is 0 Å². The van der Waals surface area contributed by atoms with Gasteiger partial charge in [0.05, 0.1) is 0 Å². The quantitative estimate of drug-likeness (QED) is 0.515. The van der Waals surface area contributed by atoms with E-state index in [-0.39, 0.29) is 17.7 Å². The van der Waals surface area contributed by atoms with E-state index in [0.717, 1.165) is 5.52 Å². The fraction of sp³-hybridized carbons (Fsp3) is 0.391. The van der Waals surface area contributed by atoms with Gasteiger partial charge in [-0.3, -0.25) is 9.59 Å². The Morgan fingerprint density at radius 1 is 1.10 bits per heavy atom. The lowest BCUT2D eigenvalue weighted by molar-refractivity contribution is -0.131. The van der Waals surface area contributed by atoms with Crippen LogP contribution in [0, 0.1) is 0 Å². The Kier molecular flexibility index (Phi) is 7.47. The number of aromatic nitrogens is 1. The molecule has 0 aliphatic carbocycles. The molecule has 154 valence electrons. The van der Waals surface area contributed by atoms with E-state index in [0.29, 0.717) is 38.9 Å². The van der Waals surface area contributed by atoms with E-state index < -0.39 is 0 Å². The Morgan fingerprint density at radius 2 is 1.90 bits per heavy atom. The highest BCUT2D eigenvalue weighted by Gasteiger charge is 2.20. The van der Waals surface area contributed by atoms with Gasteiger partial charge in [-0.1, -0.05) is 24.3 Å². The van der Waals surface area contributed by atoms with Crippen molar-refractivity contribution >= 4 is 34.1 Å². The average Bonchev–Trinajstić information content (AvgIpc) is 3.40. The van der Waals surface area contributed by atoms with Crippen LogP contribution in [0.1, 0.15) is 49.5 Å². The second-order valence-corrected chi connectivity index (χ2v) is 8.06. The Labute approximate surface area is 176 Å². The number of benzene rings is 1. The molecule has 0 aliphatic heterocycles. The van der Waals surface area contributed by atoms with Gasteiger partial charge in [0, 0.05) is 60.4 Å². The molecule has 0 saturated carbocycles. The molecule has 3 rings (SSSR count). The number of nitrogens with zero attached hydrogens (tertiary/aromatic N) is 1. The number of nitrogens with one attached hydrogen (secondary N) is 2. The van der Waals surface area contributed by atoms with Crippen LogP contribution in [0.25, 0.3) is 10.9 Å². The Morgan fingerprint density at radius 3 is 2.62 bits per heavy atom. The van der Waals surface area contributed by atoms with Gasteiger partial charge in [0.1, 0.15) is 0 Å². The van der Waals surface area contributed by atoms with E-state index in [2.05, 4.69) is 33.9 Å². The van der Waals surface area contributed by atoms with Gasteiger partial charge in [0.2, 0.25) is 11.8 Å². The van der Waals surface area contributed by atoms with Crippen molar-refractivity contribution in [3.63, 3.8) is 0 Å². The molecular weight excluding hydrogens is 382 g/mol. The molecule has 6 heteroatoms. The van der Waals surface area contributed by atoms with Gasteiger partial charge in [0.25, 0.3) is 0 Å². The van der Waals surface area contributed by atoms with Crippen LogP contribution >= 0.6 is 11.3 Å². The minimum atomic E-state index is -0.00116. The van der Waals surface area contributed by atoms with Gasteiger partial charge >= 0.3 is 0 Å². The van der Waals surface area contributed by atoms with Crippen LogP contribution in [0.4, 0.5) is 0 Å². The van der Waals surface area contributed by atoms with Gasteiger partial charge < -0.3 is 15.2 Å². The summed E-state index contributed by atoms with van der Waals surface area (Å²) >= 11 is 1.70. The topological polar surface area (TPSA) is 65.2 Å². The summed E-state index contributed by atoms with van der Waals surface area (Å²) in [6, 6.07) is 12.4. The molecule has 2 amide bonds. The van der Waals surface area contributed by atoms with Gasteiger partial charge in [-0.2, -0.15) is 0 Å². The maximum absolute atomic E-state index is 12.4. The standard InChI is InChI=1S/C23H29N3O2S/c1-3-26(4-2)23(28)13-7-12-22(27)25-16-19(21-11-8-14-29-21)18-15-24-20-10-6-5-9-17(18)20/h5-6,8-11,14-15,19,24H,3-4,7,12-13,16H2,1-2H3,(H,25,27). The second kappa shape index (κ2) is 10.3.